The summed E-state index contributed by atoms with van der Waals surface area (Å²) in [4.78, 5) is 47.4. The van der Waals surface area contributed by atoms with E-state index in [4.69, 9.17) is 33.7 Å². The van der Waals surface area contributed by atoms with Crippen LogP contribution >= 0.6 is 23.8 Å². The zero-order valence-corrected chi connectivity index (χ0v) is 40.5. The number of H-pyrrole nitrogens is 1. The number of aromatic nitrogens is 4. The van der Waals surface area contributed by atoms with Crippen molar-refractivity contribution in [2.75, 3.05) is 58.5 Å². The Bertz CT molecular complexity index is 1630. The van der Waals surface area contributed by atoms with Crippen molar-refractivity contribution in [2.45, 2.75) is 120 Å². The number of carbonyl (C=O) groups excluding carboxylic acids is 1. The van der Waals surface area contributed by atoms with Crippen molar-refractivity contribution >= 4 is 54.5 Å². The first-order valence-electron chi connectivity index (χ1n) is 21.6. The number of hydrogen-bond donors (Lipinski definition) is 5. The zero-order valence-electron chi connectivity index (χ0n) is 37.9. The molecule has 3 heterocycles. The predicted octanol–water partition coefficient (Wildman–Crippen LogP) is 5.84. The van der Waals surface area contributed by atoms with E-state index in [0.29, 0.717) is 67.2 Å². The minimum atomic E-state index is -3.60. The molecule has 8 unspecified atom stereocenters. The fourth-order valence-corrected chi connectivity index (χ4v) is 9.80. The number of nitrogens with zero attached hydrogens (tertiary/aromatic N) is 3. The van der Waals surface area contributed by atoms with E-state index in [-0.39, 0.29) is 53.8 Å². The van der Waals surface area contributed by atoms with E-state index in [2.05, 4.69) is 118 Å². The number of anilines is 1. The van der Waals surface area contributed by atoms with E-state index in [1.54, 1.807) is 6.92 Å². The van der Waals surface area contributed by atoms with Gasteiger partial charge in [-0.15, -0.1) is 0 Å². The third kappa shape index (κ3) is 14.1. The van der Waals surface area contributed by atoms with Crippen LogP contribution in [0.15, 0.2) is 9.53 Å². The van der Waals surface area contributed by atoms with Gasteiger partial charge in [0.05, 0.1) is 6.61 Å². The first-order chi connectivity index (χ1) is 27.7. The summed E-state index contributed by atoms with van der Waals surface area (Å²) in [7, 11) is -2.13. The molecule has 1 amide bonds. The maximum absolute atomic E-state index is 13.1. The molecule has 19 heteroatoms. The number of rotatable bonds is 22. The van der Waals surface area contributed by atoms with Gasteiger partial charge in [-0.25, -0.2) is 0 Å². The van der Waals surface area contributed by atoms with Gasteiger partial charge in [-0.3, -0.25) is 0 Å². The van der Waals surface area contributed by atoms with Crippen molar-refractivity contribution in [3.63, 3.8) is 0 Å². The summed E-state index contributed by atoms with van der Waals surface area (Å²) >= 11 is 3.38. The van der Waals surface area contributed by atoms with Crippen LogP contribution < -0.4 is 21.9 Å². The Morgan fingerprint density at radius 3 is 2.07 bits per heavy atom. The van der Waals surface area contributed by atoms with Crippen LogP contribution in [0.25, 0.3) is 11.2 Å². The number of fused-ring (bicyclic) bond motifs is 1. The van der Waals surface area contributed by atoms with Crippen molar-refractivity contribution in [3.05, 3.63) is 15.1 Å². The number of nitrogen functional groups attached to an aromatic ring is 1. The second kappa shape index (κ2) is 23.5. The molecular formula is C40H76BBrN7O9P. The number of nitrogens with one attached hydrogen (secondary N) is 3. The molecule has 11 atom stereocenters. The van der Waals surface area contributed by atoms with E-state index in [9.17, 15) is 14.5 Å². The van der Waals surface area contributed by atoms with Crippen LogP contribution in [0, 0.1) is 47.3 Å². The first-order valence-corrected chi connectivity index (χ1v) is 24.7. The molecule has 16 nitrogen and oxygen atoms in total. The Morgan fingerprint density at radius 1 is 0.966 bits per heavy atom. The molecule has 0 radical (unpaired) electrons. The van der Waals surface area contributed by atoms with Crippen molar-refractivity contribution in [1.29, 1.82) is 0 Å². The molecule has 0 aliphatic carbocycles. The van der Waals surface area contributed by atoms with E-state index in [0.717, 1.165) is 6.54 Å². The van der Waals surface area contributed by atoms with Crippen molar-refractivity contribution in [3.8, 4) is 0 Å². The SMILES string of the molecule is B[PH]1(O)OC[C@H](OC(=O)NCCOCCOCCNC(C)(C(C)C(C)C(C)C(C)CC)C(C)C(C)C(C)C(C)CC)[C@H](n2c(Br)nc3c(=O)[nH]c(N)nc32)O[C@@H](C)CO1. The van der Waals surface area contributed by atoms with Crippen LogP contribution in [0.2, 0.25) is 0 Å². The second-order valence-corrected chi connectivity index (χ2v) is 20.4. The van der Waals surface area contributed by atoms with Crippen LogP contribution in [-0.4, -0.2) is 109 Å². The van der Waals surface area contributed by atoms with Gasteiger partial charge in [-0.05, 0) is 54.3 Å². The molecule has 0 saturated carbocycles. The molecule has 2 aromatic heterocycles. The Balaban J connectivity index is 1.54. The fourth-order valence-electron chi connectivity index (χ4n) is 8.16. The molecule has 1 saturated heterocycles. The van der Waals surface area contributed by atoms with Gasteiger partial charge in [0.1, 0.15) is 0 Å². The number of nitrogens with two attached hydrogens (primary N) is 1. The summed E-state index contributed by atoms with van der Waals surface area (Å²) in [5, 5.41) is 6.68. The Morgan fingerprint density at radius 2 is 1.51 bits per heavy atom. The monoisotopic (exact) mass is 919 g/mol. The summed E-state index contributed by atoms with van der Waals surface area (Å²) in [5.41, 5.74) is 5.32. The topological polar surface area (TPSA) is 206 Å². The zero-order chi connectivity index (χ0) is 44.2. The number of ether oxygens (including phenoxy) is 4. The van der Waals surface area contributed by atoms with Crippen LogP contribution in [0.3, 0.4) is 0 Å². The number of imidazole rings is 1. The molecule has 6 N–H and O–H groups in total. The van der Waals surface area contributed by atoms with Crippen molar-refractivity contribution < 1.29 is 37.7 Å². The molecule has 340 valence electrons. The Hall–Kier alpha value is -1.89. The molecule has 0 bridgehead atoms. The number of amides is 1. The summed E-state index contributed by atoms with van der Waals surface area (Å²) in [6.07, 6.45) is -1.23. The number of alkyl carbamates (subject to hydrolysis) is 1. The van der Waals surface area contributed by atoms with Crippen molar-refractivity contribution in [2.24, 2.45) is 47.3 Å². The Labute approximate surface area is 362 Å². The molecule has 1 fully saturated rings. The molecule has 2 aromatic rings. The van der Waals surface area contributed by atoms with Crippen LogP contribution in [0.4, 0.5) is 10.7 Å². The molecule has 3 rings (SSSR count). The summed E-state index contributed by atoms with van der Waals surface area (Å²) in [5.74, 6) is 4.48. The van der Waals surface area contributed by atoms with Crippen LogP contribution in [0.1, 0.15) is 102 Å². The van der Waals surface area contributed by atoms with Gasteiger partial charge >= 0.3 is 203 Å². The molecule has 59 heavy (non-hydrogen) atoms. The molecular weight excluding hydrogens is 844 g/mol. The van der Waals surface area contributed by atoms with Gasteiger partial charge < -0.3 is 5.32 Å². The normalized spacial score (nSPS) is 24.5. The summed E-state index contributed by atoms with van der Waals surface area (Å²) in [6.45, 7) is 30.2. The average Bonchev–Trinajstić information content (AvgIpc) is 3.55. The molecule has 0 aromatic carbocycles. The van der Waals surface area contributed by atoms with Gasteiger partial charge in [-0.1, -0.05) is 82.1 Å². The minimum absolute atomic E-state index is 0.00132. The number of aromatic amines is 1. The summed E-state index contributed by atoms with van der Waals surface area (Å²) < 4.78 is 36.8. The van der Waals surface area contributed by atoms with E-state index < -0.39 is 37.9 Å². The number of hydrogen-bond acceptors (Lipinski definition) is 13. The predicted molar refractivity (Wildman–Crippen MR) is 241 cm³/mol. The average molecular weight is 921 g/mol. The van der Waals surface area contributed by atoms with Gasteiger partial charge in [0.25, 0.3) is 0 Å². The van der Waals surface area contributed by atoms with Gasteiger partial charge in [0.2, 0.25) is 0 Å². The third-order valence-electron chi connectivity index (χ3n) is 13.7. The standard InChI is InChI=1S/C40H76BBrN7O9P/c1-13-23(3)26(6)28(8)30(10)40(12,31(11)29(9)27(7)24(4)14-2)45-16-18-54-20-19-53-17-15-44-39(51)58-32-22-56-59(41,52)55-21-25(5)57-36(32)49-34-33(46-37(49)42)35(50)48-38(43)47-34/h23-32,36,45,52,59H,13-22,41H2,1-12H3,(H,44,51)(H3,43,47,48,50)/t23?,24?,25-,26?,27?,28?,29?,30?,31?,32-,36+,40?/m0/s1. The third-order valence-corrected chi connectivity index (χ3v) is 15.6. The van der Waals surface area contributed by atoms with E-state index >= 15 is 0 Å². The summed E-state index contributed by atoms with van der Waals surface area (Å²) in [6, 6.07) is 0. The van der Waals surface area contributed by atoms with Crippen LogP contribution in [-0.2, 0) is 28.0 Å². The van der Waals surface area contributed by atoms with Crippen molar-refractivity contribution in [1.82, 2.24) is 30.2 Å². The van der Waals surface area contributed by atoms with Gasteiger partial charge in [0.15, 0.2) is 0 Å². The Kier molecular flexibility index (Phi) is 20.5. The van der Waals surface area contributed by atoms with Crippen LogP contribution in [0.5, 0.6) is 0 Å². The molecule has 1 aliphatic heterocycles. The van der Waals surface area contributed by atoms with E-state index in [1.807, 2.05) is 0 Å². The van der Waals surface area contributed by atoms with Gasteiger partial charge in [0, 0.05) is 12.1 Å². The fraction of sp³-hybridized carbons (Fsp3) is 0.850. The molecule has 0 spiro atoms. The number of halogens is 1. The van der Waals surface area contributed by atoms with E-state index in [1.165, 1.54) is 25.0 Å². The maximum atomic E-state index is 13.1. The number of carbonyl (C=O) groups is 1. The molecule has 1 aliphatic rings. The first kappa shape index (κ1) is 51.5. The second-order valence-electron chi connectivity index (χ2n) is 17.3. The quantitative estimate of drug-likeness (QED) is 0.0408. The van der Waals surface area contributed by atoms with Gasteiger partial charge in [-0.2, -0.15) is 0 Å².